The van der Waals surface area contributed by atoms with Crippen LogP contribution in [-0.4, -0.2) is 94.2 Å². The summed E-state index contributed by atoms with van der Waals surface area (Å²) in [5.41, 5.74) is -1.27. The Morgan fingerprint density at radius 1 is 1.00 bits per heavy atom. The van der Waals surface area contributed by atoms with Crippen LogP contribution in [0.15, 0.2) is 30.5 Å². The predicted octanol–water partition coefficient (Wildman–Crippen LogP) is 3.05. The van der Waals surface area contributed by atoms with E-state index in [-0.39, 0.29) is 36.8 Å². The quantitative estimate of drug-likeness (QED) is 0.324. The summed E-state index contributed by atoms with van der Waals surface area (Å²) in [5, 5.41) is 12.3. The van der Waals surface area contributed by atoms with Gasteiger partial charge in [0.1, 0.15) is 23.6 Å². The number of hydrogen-bond donors (Lipinski definition) is 3. The molecule has 3 fully saturated rings. The molecule has 0 radical (unpaired) electrons. The number of hydrogen-bond acceptors (Lipinski definition) is 6. The van der Waals surface area contributed by atoms with E-state index in [1.54, 1.807) is 21.7 Å². The Labute approximate surface area is 268 Å². The lowest BCUT2D eigenvalue weighted by Crippen LogP contribution is -2.56. The van der Waals surface area contributed by atoms with Crippen LogP contribution in [0, 0.1) is 11.7 Å². The minimum absolute atomic E-state index is 0.0377. The van der Waals surface area contributed by atoms with Crippen LogP contribution in [-0.2, 0) is 27.3 Å². The highest BCUT2D eigenvalue weighted by molar-refractivity contribution is 6.00. The molecular formula is C33H45F2N7O4. The summed E-state index contributed by atoms with van der Waals surface area (Å²) in [6.45, 7) is 4.66. The van der Waals surface area contributed by atoms with Gasteiger partial charge in [0, 0.05) is 45.3 Å². The van der Waals surface area contributed by atoms with Gasteiger partial charge >= 0.3 is 0 Å². The van der Waals surface area contributed by atoms with Gasteiger partial charge in [0.15, 0.2) is 5.67 Å². The summed E-state index contributed by atoms with van der Waals surface area (Å²) >= 11 is 0. The first-order valence-electron chi connectivity index (χ1n) is 16.5. The van der Waals surface area contributed by atoms with Crippen molar-refractivity contribution in [1.82, 2.24) is 30.2 Å². The number of amides is 4. The first-order valence-corrected chi connectivity index (χ1v) is 16.5. The molecule has 0 unspecified atom stereocenters. The normalized spacial score (nSPS) is 19.9. The smallest absolute Gasteiger partial charge is 0.270 e. The number of benzene rings is 1. The van der Waals surface area contributed by atoms with Gasteiger partial charge in [-0.05, 0) is 69.3 Å². The minimum Gasteiger partial charge on any atom is -0.341 e. The number of carbonyl (C=O) groups excluding carboxylic acids is 4. The SMILES string of the molecule is CCn1nccc1C(=O)N[C@H](C(=O)Nc1ccc(C[C@@H](NC(=O)C2(F)CC2)C(=O)N2CCN(C)CC2)cc1F)C1CCCCCC1. The summed E-state index contributed by atoms with van der Waals surface area (Å²) in [6.07, 6.45) is 7.25. The van der Waals surface area contributed by atoms with E-state index in [0.717, 1.165) is 38.5 Å². The second-order valence-electron chi connectivity index (χ2n) is 12.9. The number of carbonyl (C=O) groups is 4. The number of aromatic nitrogens is 2. The molecule has 4 amide bonds. The Bertz CT molecular complexity index is 1410. The van der Waals surface area contributed by atoms with Crippen LogP contribution < -0.4 is 16.0 Å². The summed E-state index contributed by atoms with van der Waals surface area (Å²) < 4.78 is 31.6. The minimum atomic E-state index is -1.96. The van der Waals surface area contributed by atoms with E-state index in [2.05, 4.69) is 25.9 Å². The molecular weight excluding hydrogens is 596 g/mol. The van der Waals surface area contributed by atoms with Crippen molar-refractivity contribution >= 4 is 29.3 Å². The molecule has 2 heterocycles. The van der Waals surface area contributed by atoms with Crippen molar-refractivity contribution in [3.63, 3.8) is 0 Å². The van der Waals surface area contributed by atoms with Gasteiger partial charge in [0.05, 0.1) is 5.69 Å². The number of rotatable bonds is 11. The Balaban J connectivity index is 1.30. The van der Waals surface area contributed by atoms with Gasteiger partial charge in [-0.1, -0.05) is 31.7 Å². The fourth-order valence-electron chi connectivity index (χ4n) is 6.34. The van der Waals surface area contributed by atoms with E-state index in [1.807, 2.05) is 14.0 Å². The zero-order valence-corrected chi connectivity index (χ0v) is 26.7. The molecule has 1 aromatic heterocycles. The first-order chi connectivity index (χ1) is 22.1. The molecule has 2 atom stereocenters. The van der Waals surface area contributed by atoms with E-state index < -0.39 is 41.3 Å². The zero-order chi connectivity index (χ0) is 32.8. The molecule has 13 heteroatoms. The molecule has 5 rings (SSSR count). The van der Waals surface area contributed by atoms with Crippen molar-refractivity contribution < 1.29 is 28.0 Å². The van der Waals surface area contributed by atoms with E-state index in [1.165, 1.54) is 18.3 Å². The summed E-state index contributed by atoms with van der Waals surface area (Å²) in [4.78, 5) is 56.6. The van der Waals surface area contributed by atoms with Crippen LogP contribution in [0.4, 0.5) is 14.5 Å². The van der Waals surface area contributed by atoms with E-state index in [0.29, 0.717) is 44.0 Å². The van der Waals surface area contributed by atoms with Gasteiger partial charge in [0.25, 0.3) is 11.8 Å². The molecule has 1 aliphatic heterocycles. The number of likely N-dealkylation sites (N-methyl/N-ethyl adjacent to an activating group) is 1. The lowest BCUT2D eigenvalue weighted by Gasteiger charge is -2.35. The number of anilines is 1. The van der Waals surface area contributed by atoms with Crippen molar-refractivity contribution in [3.05, 3.63) is 47.5 Å². The van der Waals surface area contributed by atoms with Crippen molar-refractivity contribution in [1.29, 1.82) is 0 Å². The lowest BCUT2D eigenvalue weighted by atomic mass is 9.91. The standard InChI is InChI=1S/C33H45F2N7O4/c1-3-42-27(12-15-36-42)29(43)39-28(23-8-6-4-5-7-9-23)30(44)37-25-11-10-22(20-24(25)34)21-26(38-32(46)33(35)13-14-33)31(45)41-18-16-40(2)17-19-41/h10-12,15,20,23,26,28H,3-9,13-14,16-19,21H2,1-2H3,(H,37,44)(H,38,46)(H,39,43)/t26-,28+/m1/s1. The highest BCUT2D eigenvalue weighted by atomic mass is 19.1. The summed E-state index contributed by atoms with van der Waals surface area (Å²) in [5.74, 6) is -2.92. The Kier molecular flexibility index (Phi) is 10.7. The predicted molar refractivity (Wildman–Crippen MR) is 168 cm³/mol. The van der Waals surface area contributed by atoms with Gasteiger partial charge in [-0.15, -0.1) is 0 Å². The maximum absolute atomic E-state index is 15.5. The lowest BCUT2D eigenvalue weighted by molar-refractivity contribution is -0.139. The van der Waals surface area contributed by atoms with E-state index in [4.69, 9.17) is 0 Å². The maximum atomic E-state index is 15.5. The van der Waals surface area contributed by atoms with Crippen molar-refractivity contribution in [3.8, 4) is 0 Å². The molecule has 0 spiro atoms. The molecule has 3 aliphatic rings. The van der Waals surface area contributed by atoms with Crippen LogP contribution >= 0.6 is 0 Å². The molecule has 11 nitrogen and oxygen atoms in total. The molecule has 2 saturated carbocycles. The molecule has 0 bridgehead atoms. The molecule has 2 aliphatic carbocycles. The third kappa shape index (κ3) is 8.09. The van der Waals surface area contributed by atoms with Gasteiger partial charge in [0.2, 0.25) is 11.8 Å². The number of piperazine rings is 1. The summed E-state index contributed by atoms with van der Waals surface area (Å²) in [7, 11) is 1.96. The maximum Gasteiger partial charge on any atom is 0.270 e. The van der Waals surface area contributed by atoms with Gasteiger partial charge in [-0.3, -0.25) is 23.9 Å². The second-order valence-corrected chi connectivity index (χ2v) is 12.9. The van der Waals surface area contributed by atoms with E-state index >= 15 is 4.39 Å². The Hall–Kier alpha value is -3.87. The van der Waals surface area contributed by atoms with Crippen LogP contribution in [0.25, 0.3) is 0 Å². The molecule has 46 heavy (non-hydrogen) atoms. The third-order valence-corrected chi connectivity index (χ3v) is 9.43. The third-order valence-electron chi connectivity index (χ3n) is 9.43. The monoisotopic (exact) mass is 641 g/mol. The Morgan fingerprint density at radius 2 is 1.70 bits per heavy atom. The molecule has 1 aromatic carbocycles. The van der Waals surface area contributed by atoms with Crippen LogP contribution in [0.2, 0.25) is 0 Å². The van der Waals surface area contributed by atoms with Crippen molar-refractivity contribution in [2.45, 2.75) is 89.0 Å². The van der Waals surface area contributed by atoms with Crippen LogP contribution in [0.3, 0.4) is 0 Å². The van der Waals surface area contributed by atoms with Gasteiger partial charge in [-0.2, -0.15) is 5.10 Å². The summed E-state index contributed by atoms with van der Waals surface area (Å²) in [6, 6.07) is 3.87. The number of nitrogens with one attached hydrogen (secondary N) is 3. The molecule has 3 N–H and O–H groups in total. The van der Waals surface area contributed by atoms with Crippen LogP contribution in [0.1, 0.15) is 74.3 Å². The highest BCUT2D eigenvalue weighted by Gasteiger charge is 2.51. The molecule has 2 aromatic rings. The first kappa shape index (κ1) is 33.5. The number of aryl methyl sites for hydroxylation is 1. The largest absolute Gasteiger partial charge is 0.341 e. The number of alkyl halides is 1. The van der Waals surface area contributed by atoms with Gasteiger partial charge < -0.3 is 25.8 Å². The van der Waals surface area contributed by atoms with E-state index in [9.17, 15) is 23.6 Å². The Morgan fingerprint density at radius 3 is 2.33 bits per heavy atom. The van der Waals surface area contributed by atoms with Gasteiger partial charge in [-0.25, -0.2) is 8.78 Å². The van der Waals surface area contributed by atoms with Crippen molar-refractivity contribution in [2.24, 2.45) is 5.92 Å². The fraction of sp³-hybridized carbons (Fsp3) is 0.606. The zero-order valence-electron chi connectivity index (χ0n) is 26.7. The van der Waals surface area contributed by atoms with Crippen molar-refractivity contribution in [2.75, 3.05) is 38.5 Å². The number of nitrogens with zero attached hydrogens (tertiary/aromatic N) is 4. The average Bonchev–Trinajstić information content (AvgIpc) is 3.71. The topological polar surface area (TPSA) is 129 Å². The highest BCUT2D eigenvalue weighted by Crippen LogP contribution is 2.40. The molecule has 1 saturated heterocycles. The average molecular weight is 642 g/mol. The number of halogens is 2. The second kappa shape index (κ2) is 14.7. The fourth-order valence-corrected chi connectivity index (χ4v) is 6.34. The van der Waals surface area contributed by atoms with Crippen LogP contribution in [0.5, 0.6) is 0 Å². The molecule has 250 valence electrons.